The van der Waals surface area contributed by atoms with Crippen LogP contribution >= 0.6 is 11.6 Å². The van der Waals surface area contributed by atoms with Crippen molar-refractivity contribution in [1.82, 2.24) is 4.90 Å². The first kappa shape index (κ1) is 13.2. The summed E-state index contributed by atoms with van der Waals surface area (Å²) in [6.07, 6.45) is 0.972. The van der Waals surface area contributed by atoms with Crippen LogP contribution in [0.5, 0.6) is 0 Å². The summed E-state index contributed by atoms with van der Waals surface area (Å²) in [5.74, 6) is 0.368. The molecule has 0 radical (unpaired) electrons. The van der Waals surface area contributed by atoms with Gasteiger partial charge in [0.25, 0.3) is 5.91 Å². The van der Waals surface area contributed by atoms with Crippen molar-refractivity contribution >= 4 is 23.2 Å². The Morgan fingerprint density at radius 2 is 2.39 bits per heavy atom. The van der Waals surface area contributed by atoms with E-state index in [9.17, 15) is 4.79 Å². The third-order valence-corrected chi connectivity index (χ3v) is 3.59. The number of nitrogens with two attached hydrogens (primary N) is 1. The second-order valence-corrected chi connectivity index (χ2v) is 4.97. The largest absolute Gasteiger partial charge is 0.397 e. The lowest BCUT2D eigenvalue weighted by atomic mass is 10.1. The number of carbonyl (C=O) groups excluding carboxylic acids is 1. The molecule has 5 heteroatoms. The van der Waals surface area contributed by atoms with Gasteiger partial charge in [0.15, 0.2) is 0 Å². The standard InChI is InChI=1S/C13H17ClN2O2/c1-18-8-9-5-6-16(7-9)13(17)10-3-2-4-11(14)12(10)15/h2-4,9H,5-8,15H2,1H3. The van der Waals surface area contributed by atoms with E-state index >= 15 is 0 Å². The lowest BCUT2D eigenvalue weighted by Gasteiger charge is -2.17. The zero-order chi connectivity index (χ0) is 13.1. The van der Waals surface area contributed by atoms with Gasteiger partial charge in [0.05, 0.1) is 22.9 Å². The highest BCUT2D eigenvalue weighted by Crippen LogP contribution is 2.26. The number of methoxy groups -OCH3 is 1. The molecule has 0 aliphatic carbocycles. The monoisotopic (exact) mass is 268 g/mol. The number of carbonyl (C=O) groups is 1. The summed E-state index contributed by atoms with van der Waals surface area (Å²) < 4.78 is 5.12. The van der Waals surface area contributed by atoms with Gasteiger partial charge in [0, 0.05) is 26.1 Å². The van der Waals surface area contributed by atoms with Gasteiger partial charge in [-0.25, -0.2) is 0 Å². The van der Waals surface area contributed by atoms with Crippen molar-refractivity contribution < 1.29 is 9.53 Å². The molecule has 1 aromatic rings. The molecule has 1 aromatic carbocycles. The molecular weight excluding hydrogens is 252 g/mol. The van der Waals surface area contributed by atoms with E-state index in [4.69, 9.17) is 22.1 Å². The molecule has 1 atom stereocenters. The van der Waals surface area contributed by atoms with E-state index in [1.807, 2.05) is 4.90 Å². The van der Waals surface area contributed by atoms with E-state index in [1.54, 1.807) is 25.3 Å². The van der Waals surface area contributed by atoms with Crippen LogP contribution in [-0.2, 0) is 4.74 Å². The van der Waals surface area contributed by atoms with Gasteiger partial charge in [-0.1, -0.05) is 17.7 Å². The van der Waals surface area contributed by atoms with E-state index in [-0.39, 0.29) is 5.91 Å². The summed E-state index contributed by atoms with van der Waals surface area (Å²) in [7, 11) is 1.68. The number of halogens is 1. The van der Waals surface area contributed by atoms with Gasteiger partial charge in [-0.05, 0) is 18.6 Å². The molecule has 1 fully saturated rings. The molecule has 0 aromatic heterocycles. The van der Waals surface area contributed by atoms with Gasteiger partial charge in [-0.2, -0.15) is 0 Å². The molecule has 18 heavy (non-hydrogen) atoms. The maximum atomic E-state index is 12.3. The third kappa shape index (κ3) is 2.60. The third-order valence-electron chi connectivity index (χ3n) is 3.26. The van der Waals surface area contributed by atoms with E-state index in [2.05, 4.69) is 0 Å². The molecule has 2 rings (SSSR count). The number of likely N-dealkylation sites (tertiary alicyclic amines) is 1. The van der Waals surface area contributed by atoms with Gasteiger partial charge in [0.2, 0.25) is 0 Å². The number of ether oxygens (including phenoxy) is 1. The fraction of sp³-hybridized carbons (Fsp3) is 0.462. The predicted octanol–water partition coefficient (Wildman–Crippen LogP) is 2.03. The minimum atomic E-state index is -0.0476. The minimum Gasteiger partial charge on any atom is -0.397 e. The number of anilines is 1. The molecule has 1 saturated heterocycles. The summed E-state index contributed by atoms with van der Waals surface area (Å²) in [4.78, 5) is 14.1. The molecule has 98 valence electrons. The van der Waals surface area contributed by atoms with E-state index in [1.165, 1.54) is 0 Å². The van der Waals surface area contributed by atoms with Crippen LogP contribution in [0, 0.1) is 5.92 Å². The average Bonchev–Trinajstić information content (AvgIpc) is 2.81. The lowest BCUT2D eigenvalue weighted by Crippen LogP contribution is -2.29. The molecular formula is C13H17ClN2O2. The smallest absolute Gasteiger partial charge is 0.256 e. The molecule has 1 heterocycles. The van der Waals surface area contributed by atoms with E-state index in [0.717, 1.165) is 19.5 Å². The first-order chi connectivity index (χ1) is 8.63. The van der Waals surface area contributed by atoms with Gasteiger partial charge in [-0.3, -0.25) is 4.79 Å². The molecule has 1 unspecified atom stereocenters. The number of rotatable bonds is 3. The zero-order valence-corrected chi connectivity index (χ0v) is 11.1. The van der Waals surface area contributed by atoms with E-state index in [0.29, 0.717) is 28.8 Å². The highest BCUT2D eigenvalue weighted by molar-refractivity contribution is 6.33. The second kappa shape index (κ2) is 5.59. The molecule has 0 spiro atoms. The van der Waals surface area contributed by atoms with Crippen molar-refractivity contribution in [3.8, 4) is 0 Å². The van der Waals surface area contributed by atoms with Gasteiger partial charge in [-0.15, -0.1) is 0 Å². The minimum absolute atomic E-state index is 0.0476. The SMILES string of the molecule is COCC1CCN(C(=O)c2cccc(Cl)c2N)C1. The Bertz CT molecular complexity index is 451. The molecule has 1 amide bonds. The van der Waals surface area contributed by atoms with Crippen LogP contribution in [0.3, 0.4) is 0 Å². The van der Waals surface area contributed by atoms with Crippen molar-refractivity contribution in [2.45, 2.75) is 6.42 Å². The van der Waals surface area contributed by atoms with E-state index < -0.39 is 0 Å². The number of nitrogens with zero attached hydrogens (tertiary/aromatic N) is 1. The number of hydrogen-bond acceptors (Lipinski definition) is 3. The molecule has 1 aliphatic heterocycles. The fourth-order valence-electron chi connectivity index (χ4n) is 2.28. The van der Waals surface area contributed by atoms with Crippen molar-refractivity contribution in [1.29, 1.82) is 0 Å². The molecule has 0 saturated carbocycles. The zero-order valence-electron chi connectivity index (χ0n) is 10.4. The maximum absolute atomic E-state index is 12.3. The van der Waals surface area contributed by atoms with Crippen LogP contribution in [0.25, 0.3) is 0 Å². The Hall–Kier alpha value is -1.26. The number of nitrogen functional groups attached to an aromatic ring is 1. The van der Waals surface area contributed by atoms with Crippen LogP contribution in [0.15, 0.2) is 18.2 Å². The number of amides is 1. The average molecular weight is 269 g/mol. The predicted molar refractivity (Wildman–Crippen MR) is 71.8 cm³/mol. The normalized spacial score (nSPS) is 19.2. The van der Waals surface area contributed by atoms with Gasteiger partial charge < -0.3 is 15.4 Å². The second-order valence-electron chi connectivity index (χ2n) is 4.56. The van der Waals surface area contributed by atoms with Crippen LogP contribution in [0.4, 0.5) is 5.69 Å². The van der Waals surface area contributed by atoms with Crippen LogP contribution < -0.4 is 5.73 Å². The Morgan fingerprint density at radius 3 is 3.11 bits per heavy atom. The summed E-state index contributed by atoms with van der Waals surface area (Å²) in [5, 5.41) is 0.425. The topological polar surface area (TPSA) is 55.6 Å². The van der Waals surface area contributed by atoms with Crippen molar-refractivity contribution in [2.24, 2.45) is 5.92 Å². The molecule has 1 aliphatic rings. The maximum Gasteiger partial charge on any atom is 0.256 e. The summed E-state index contributed by atoms with van der Waals surface area (Å²) in [5.41, 5.74) is 6.69. The van der Waals surface area contributed by atoms with Crippen molar-refractivity contribution in [3.63, 3.8) is 0 Å². The summed E-state index contributed by atoms with van der Waals surface area (Å²) in [6.45, 7) is 2.16. The molecule has 0 bridgehead atoms. The first-order valence-electron chi connectivity index (χ1n) is 5.95. The van der Waals surface area contributed by atoms with Crippen LogP contribution in [0.1, 0.15) is 16.8 Å². The highest BCUT2D eigenvalue weighted by Gasteiger charge is 2.27. The van der Waals surface area contributed by atoms with Crippen molar-refractivity contribution in [3.05, 3.63) is 28.8 Å². The quantitative estimate of drug-likeness (QED) is 0.854. The van der Waals surface area contributed by atoms with Gasteiger partial charge in [0.1, 0.15) is 0 Å². The Balaban J connectivity index is 2.11. The Morgan fingerprint density at radius 1 is 1.61 bits per heavy atom. The fourth-order valence-corrected chi connectivity index (χ4v) is 2.46. The summed E-state index contributed by atoms with van der Waals surface area (Å²) in [6, 6.07) is 5.15. The van der Waals surface area contributed by atoms with Crippen LogP contribution in [-0.4, -0.2) is 37.6 Å². The highest BCUT2D eigenvalue weighted by atomic mass is 35.5. The van der Waals surface area contributed by atoms with Gasteiger partial charge >= 0.3 is 0 Å². The number of para-hydroxylation sites is 1. The van der Waals surface area contributed by atoms with Crippen molar-refractivity contribution in [2.75, 3.05) is 32.5 Å². The van der Waals surface area contributed by atoms with Crippen LogP contribution in [0.2, 0.25) is 5.02 Å². The lowest BCUT2D eigenvalue weighted by molar-refractivity contribution is 0.0776. The Labute approximate surface area is 112 Å². The number of benzene rings is 1. The summed E-state index contributed by atoms with van der Waals surface area (Å²) >= 11 is 5.93. The Kier molecular flexibility index (Phi) is 4.09. The molecule has 4 nitrogen and oxygen atoms in total. The first-order valence-corrected chi connectivity index (χ1v) is 6.33. The molecule has 2 N–H and O–H groups in total. The number of hydrogen-bond donors (Lipinski definition) is 1.